The first kappa shape index (κ1) is 16.5. The molecule has 1 saturated heterocycles. The summed E-state index contributed by atoms with van der Waals surface area (Å²) in [6, 6.07) is 6.07. The number of hydrogen-bond donors (Lipinski definition) is 1. The van der Waals surface area contributed by atoms with Crippen LogP contribution in [-0.2, 0) is 9.59 Å². The van der Waals surface area contributed by atoms with E-state index in [2.05, 4.69) is 11.4 Å². The molecule has 1 aliphatic heterocycles. The van der Waals surface area contributed by atoms with E-state index in [1.807, 2.05) is 44.7 Å². The van der Waals surface area contributed by atoms with Crippen LogP contribution in [0.4, 0.5) is 5.69 Å². The average Bonchev–Trinajstić information content (AvgIpc) is 2.45. The summed E-state index contributed by atoms with van der Waals surface area (Å²) in [5.74, 6) is 0.285. The fourth-order valence-electron chi connectivity index (χ4n) is 3.02. The third-order valence-electron chi connectivity index (χ3n) is 4.16. The lowest BCUT2D eigenvalue weighted by atomic mass is 9.95. The van der Waals surface area contributed by atoms with Crippen LogP contribution in [0.25, 0.3) is 0 Å². The van der Waals surface area contributed by atoms with Gasteiger partial charge in [0.15, 0.2) is 0 Å². The summed E-state index contributed by atoms with van der Waals surface area (Å²) in [4.78, 5) is 26.2. The van der Waals surface area contributed by atoms with Crippen molar-refractivity contribution in [3.05, 3.63) is 29.3 Å². The number of rotatable bonds is 3. The standard InChI is InChI=1S/C18H26N2O2/c1-12(2)18(22)20-7-5-15(6-8-20)17(21)19-16-10-13(3)9-14(4)11-16/h9-12,15H,5-8H2,1-4H3,(H,19,21). The number of carbonyl (C=O) groups excluding carboxylic acids is 2. The van der Waals surface area contributed by atoms with Crippen LogP contribution < -0.4 is 5.32 Å². The van der Waals surface area contributed by atoms with E-state index in [4.69, 9.17) is 0 Å². The van der Waals surface area contributed by atoms with E-state index >= 15 is 0 Å². The molecule has 2 amide bonds. The van der Waals surface area contributed by atoms with Crippen molar-refractivity contribution >= 4 is 17.5 Å². The lowest BCUT2D eigenvalue weighted by Gasteiger charge is -2.32. The zero-order chi connectivity index (χ0) is 16.3. The molecule has 0 radical (unpaired) electrons. The Kier molecular flexibility index (Phi) is 5.22. The van der Waals surface area contributed by atoms with Gasteiger partial charge in [-0.05, 0) is 49.9 Å². The van der Waals surface area contributed by atoms with Crippen LogP contribution in [0.2, 0.25) is 0 Å². The number of likely N-dealkylation sites (tertiary alicyclic amines) is 1. The maximum atomic E-state index is 12.4. The summed E-state index contributed by atoms with van der Waals surface area (Å²) in [6.45, 7) is 9.25. The predicted octanol–water partition coefficient (Wildman–Crippen LogP) is 3.14. The number of nitrogens with one attached hydrogen (secondary N) is 1. The van der Waals surface area contributed by atoms with Crippen molar-refractivity contribution < 1.29 is 9.59 Å². The summed E-state index contributed by atoms with van der Waals surface area (Å²) < 4.78 is 0. The van der Waals surface area contributed by atoms with Crippen molar-refractivity contribution in [1.29, 1.82) is 0 Å². The maximum absolute atomic E-state index is 12.4. The summed E-state index contributed by atoms with van der Waals surface area (Å²) in [6.07, 6.45) is 1.49. The smallest absolute Gasteiger partial charge is 0.227 e. The summed E-state index contributed by atoms with van der Waals surface area (Å²) >= 11 is 0. The molecule has 4 nitrogen and oxygen atoms in total. The molecule has 0 bridgehead atoms. The Morgan fingerprint density at radius 2 is 1.64 bits per heavy atom. The lowest BCUT2D eigenvalue weighted by molar-refractivity contribution is -0.137. The molecule has 1 N–H and O–H groups in total. The second kappa shape index (κ2) is 6.95. The van der Waals surface area contributed by atoms with Gasteiger partial charge in [-0.2, -0.15) is 0 Å². The third-order valence-corrected chi connectivity index (χ3v) is 4.16. The fraction of sp³-hybridized carbons (Fsp3) is 0.556. The fourth-order valence-corrected chi connectivity index (χ4v) is 3.02. The van der Waals surface area contributed by atoms with Crippen molar-refractivity contribution in [2.24, 2.45) is 11.8 Å². The molecule has 1 fully saturated rings. The van der Waals surface area contributed by atoms with Gasteiger partial charge in [-0.1, -0.05) is 19.9 Å². The second-order valence-corrected chi connectivity index (χ2v) is 6.62. The highest BCUT2D eigenvalue weighted by molar-refractivity contribution is 5.93. The predicted molar refractivity (Wildman–Crippen MR) is 88.7 cm³/mol. The molecule has 0 unspecified atom stereocenters. The Balaban J connectivity index is 1.91. The van der Waals surface area contributed by atoms with Crippen LogP contribution in [0.15, 0.2) is 18.2 Å². The lowest BCUT2D eigenvalue weighted by Crippen LogP contribution is -2.43. The number of amides is 2. The van der Waals surface area contributed by atoms with E-state index < -0.39 is 0 Å². The highest BCUT2D eigenvalue weighted by atomic mass is 16.2. The highest BCUT2D eigenvalue weighted by Gasteiger charge is 2.28. The number of aryl methyl sites for hydroxylation is 2. The van der Waals surface area contributed by atoms with Gasteiger partial charge >= 0.3 is 0 Å². The SMILES string of the molecule is Cc1cc(C)cc(NC(=O)C2CCN(C(=O)C(C)C)CC2)c1. The first-order chi connectivity index (χ1) is 10.4. The minimum absolute atomic E-state index is 0.00275. The topological polar surface area (TPSA) is 49.4 Å². The molecular weight excluding hydrogens is 276 g/mol. The van der Waals surface area contributed by atoms with Crippen LogP contribution in [0.5, 0.6) is 0 Å². The van der Waals surface area contributed by atoms with E-state index in [0.717, 1.165) is 29.7 Å². The molecule has 0 saturated carbocycles. The maximum Gasteiger partial charge on any atom is 0.227 e. The number of anilines is 1. The minimum atomic E-state index is -0.00275. The van der Waals surface area contributed by atoms with E-state index in [9.17, 15) is 9.59 Å². The Hall–Kier alpha value is -1.84. The van der Waals surface area contributed by atoms with Gasteiger partial charge in [-0.3, -0.25) is 9.59 Å². The van der Waals surface area contributed by atoms with Gasteiger partial charge in [0.25, 0.3) is 0 Å². The summed E-state index contributed by atoms with van der Waals surface area (Å²) in [7, 11) is 0. The van der Waals surface area contributed by atoms with E-state index in [1.54, 1.807) is 0 Å². The molecule has 2 rings (SSSR count). The van der Waals surface area contributed by atoms with E-state index in [1.165, 1.54) is 0 Å². The molecule has 22 heavy (non-hydrogen) atoms. The second-order valence-electron chi connectivity index (χ2n) is 6.62. The van der Waals surface area contributed by atoms with Gasteiger partial charge in [0.1, 0.15) is 0 Å². The Morgan fingerprint density at radius 3 is 2.14 bits per heavy atom. The monoisotopic (exact) mass is 302 g/mol. The largest absolute Gasteiger partial charge is 0.342 e. The molecule has 1 aromatic rings. The summed E-state index contributed by atoms with van der Waals surface area (Å²) in [5.41, 5.74) is 3.16. The minimum Gasteiger partial charge on any atom is -0.342 e. The van der Waals surface area contributed by atoms with Crippen molar-refractivity contribution in [1.82, 2.24) is 4.90 Å². The number of hydrogen-bond acceptors (Lipinski definition) is 2. The van der Waals surface area contributed by atoms with Gasteiger partial charge in [-0.15, -0.1) is 0 Å². The molecule has 0 aliphatic carbocycles. The molecule has 0 atom stereocenters. The highest BCUT2D eigenvalue weighted by Crippen LogP contribution is 2.21. The zero-order valence-electron chi connectivity index (χ0n) is 14.0. The van der Waals surface area contributed by atoms with Crippen LogP contribution in [0, 0.1) is 25.7 Å². The van der Waals surface area contributed by atoms with Gasteiger partial charge < -0.3 is 10.2 Å². The number of nitrogens with zero attached hydrogens (tertiary/aromatic N) is 1. The molecule has 0 aromatic heterocycles. The average molecular weight is 302 g/mol. The molecular formula is C18H26N2O2. The van der Waals surface area contributed by atoms with E-state index in [-0.39, 0.29) is 23.7 Å². The number of piperidine rings is 1. The molecule has 1 aromatic carbocycles. The third kappa shape index (κ3) is 4.09. The van der Waals surface area contributed by atoms with Crippen molar-refractivity contribution in [3.63, 3.8) is 0 Å². The van der Waals surface area contributed by atoms with E-state index in [0.29, 0.717) is 13.1 Å². The van der Waals surface area contributed by atoms with Crippen LogP contribution in [0.3, 0.4) is 0 Å². The van der Waals surface area contributed by atoms with Crippen LogP contribution >= 0.6 is 0 Å². The Labute approximate surface area is 132 Å². The van der Waals surface area contributed by atoms with Crippen LogP contribution in [-0.4, -0.2) is 29.8 Å². The Morgan fingerprint density at radius 1 is 1.09 bits per heavy atom. The van der Waals surface area contributed by atoms with Crippen LogP contribution in [0.1, 0.15) is 37.8 Å². The quantitative estimate of drug-likeness (QED) is 0.932. The van der Waals surface area contributed by atoms with Crippen molar-refractivity contribution in [3.8, 4) is 0 Å². The first-order valence-electron chi connectivity index (χ1n) is 8.04. The van der Waals surface area contributed by atoms with Crippen molar-refractivity contribution in [2.45, 2.75) is 40.5 Å². The molecule has 4 heteroatoms. The Bertz CT molecular complexity index is 538. The number of benzene rings is 1. The van der Waals surface area contributed by atoms with Crippen molar-refractivity contribution in [2.75, 3.05) is 18.4 Å². The number of carbonyl (C=O) groups is 2. The normalized spacial score (nSPS) is 16.0. The van der Waals surface area contributed by atoms with Gasteiger partial charge in [0.2, 0.25) is 11.8 Å². The van der Waals surface area contributed by atoms with Gasteiger partial charge in [-0.25, -0.2) is 0 Å². The zero-order valence-corrected chi connectivity index (χ0v) is 14.0. The molecule has 1 heterocycles. The molecule has 1 aliphatic rings. The molecule has 120 valence electrons. The summed E-state index contributed by atoms with van der Waals surface area (Å²) in [5, 5.41) is 3.02. The van der Waals surface area contributed by atoms with Gasteiger partial charge in [0.05, 0.1) is 0 Å². The first-order valence-corrected chi connectivity index (χ1v) is 8.04. The molecule has 0 spiro atoms. The van der Waals surface area contributed by atoms with Gasteiger partial charge in [0, 0.05) is 30.6 Å².